The Labute approximate surface area is 108 Å². The lowest BCUT2D eigenvalue weighted by molar-refractivity contribution is 0.0440. The van der Waals surface area contributed by atoms with Crippen molar-refractivity contribution in [1.82, 2.24) is 4.98 Å². The number of rotatable bonds is 4. The van der Waals surface area contributed by atoms with Crippen LogP contribution in [-0.4, -0.2) is 30.8 Å². The van der Waals surface area contributed by atoms with Crippen LogP contribution in [0.1, 0.15) is 31.9 Å². The second kappa shape index (κ2) is 6.36. The Morgan fingerprint density at radius 1 is 1.61 bits per heavy atom. The summed E-state index contributed by atoms with van der Waals surface area (Å²) in [4.78, 5) is 6.33. The molecule has 1 aromatic heterocycles. The molecule has 1 aliphatic rings. The van der Waals surface area contributed by atoms with Gasteiger partial charge in [0.1, 0.15) is 6.07 Å². The Balaban J connectivity index is 2.06. The number of anilines is 1. The van der Waals surface area contributed by atoms with Gasteiger partial charge in [0, 0.05) is 25.9 Å². The van der Waals surface area contributed by atoms with Crippen molar-refractivity contribution in [3.05, 3.63) is 24.0 Å². The molecular weight excluding hydrogens is 226 g/mol. The van der Waals surface area contributed by atoms with Crippen LogP contribution >= 0.6 is 0 Å². The third-order valence-corrected chi connectivity index (χ3v) is 3.17. The van der Waals surface area contributed by atoms with Gasteiger partial charge in [-0.3, -0.25) is 0 Å². The van der Waals surface area contributed by atoms with Gasteiger partial charge in [0.15, 0.2) is 5.69 Å². The molecular formula is C14H19N3O. The zero-order valence-corrected chi connectivity index (χ0v) is 10.8. The fourth-order valence-corrected chi connectivity index (χ4v) is 2.32. The van der Waals surface area contributed by atoms with Crippen molar-refractivity contribution in [2.75, 3.05) is 24.6 Å². The van der Waals surface area contributed by atoms with Crippen LogP contribution in [0.5, 0.6) is 0 Å². The van der Waals surface area contributed by atoms with Crippen LogP contribution in [0.2, 0.25) is 0 Å². The highest BCUT2D eigenvalue weighted by atomic mass is 16.5. The van der Waals surface area contributed by atoms with Crippen LogP contribution in [0, 0.1) is 11.3 Å². The molecule has 1 aliphatic heterocycles. The molecule has 18 heavy (non-hydrogen) atoms. The maximum atomic E-state index is 9.09. The van der Waals surface area contributed by atoms with E-state index in [9.17, 15) is 0 Å². The second-order valence-electron chi connectivity index (χ2n) is 4.56. The minimum Gasteiger partial charge on any atom is -0.376 e. The molecule has 0 spiro atoms. The van der Waals surface area contributed by atoms with Crippen LogP contribution < -0.4 is 4.90 Å². The molecule has 0 aromatic carbocycles. The van der Waals surface area contributed by atoms with Crippen molar-refractivity contribution in [3.63, 3.8) is 0 Å². The first-order valence-corrected chi connectivity index (χ1v) is 6.56. The molecule has 4 heteroatoms. The van der Waals surface area contributed by atoms with Gasteiger partial charge in [-0.15, -0.1) is 0 Å². The van der Waals surface area contributed by atoms with E-state index in [2.05, 4.69) is 22.9 Å². The van der Waals surface area contributed by atoms with Crippen LogP contribution in [0.25, 0.3) is 0 Å². The molecule has 0 saturated carbocycles. The normalized spacial score (nSPS) is 19.6. The summed E-state index contributed by atoms with van der Waals surface area (Å²) in [7, 11) is 0. The highest BCUT2D eigenvalue weighted by Crippen LogP contribution is 2.23. The number of pyridine rings is 1. The third kappa shape index (κ3) is 2.99. The Morgan fingerprint density at radius 2 is 2.50 bits per heavy atom. The van der Waals surface area contributed by atoms with E-state index in [4.69, 9.17) is 10.00 Å². The highest BCUT2D eigenvalue weighted by molar-refractivity contribution is 5.55. The molecule has 1 atom stereocenters. The first kappa shape index (κ1) is 12.8. The fraction of sp³-hybridized carbons (Fsp3) is 0.571. The van der Waals surface area contributed by atoms with Crippen molar-refractivity contribution in [2.24, 2.45) is 0 Å². The lowest BCUT2D eigenvalue weighted by Gasteiger charge is -2.34. The summed E-state index contributed by atoms with van der Waals surface area (Å²) in [6, 6.07) is 6.00. The summed E-state index contributed by atoms with van der Waals surface area (Å²) in [6.45, 7) is 4.78. The fourth-order valence-electron chi connectivity index (χ4n) is 2.32. The summed E-state index contributed by atoms with van der Waals surface area (Å²) >= 11 is 0. The molecule has 1 fully saturated rings. The minimum atomic E-state index is 0.283. The van der Waals surface area contributed by atoms with Gasteiger partial charge in [0.25, 0.3) is 0 Å². The van der Waals surface area contributed by atoms with E-state index in [1.54, 1.807) is 6.20 Å². The van der Waals surface area contributed by atoms with Crippen LogP contribution in [0.15, 0.2) is 18.3 Å². The van der Waals surface area contributed by atoms with Crippen molar-refractivity contribution in [2.45, 2.75) is 32.3 Å². The molecule has 1 aromatic rings. The van der Waals surface area contributed by atoms with E-state index in [1.807, 2.05) is 12.1 Å². The standard InChI is InChI=1S/C14H19N3O/c1-2-9-18-12-5-4-8-17(11-12)14-6-3-7-16-13(14)10-15/h3,6-7,12H,2,4-5,8-9,11H2,1H3. The first-order valence-electron chi connectivity index (χ1n) is 6.56. The van der Waals surface area contributed by atoms with E-state index in [-0.39, 0.29) is 6.10 Å². The average Bonchev–Trinajstić information content (AvgIpc) is 2.45. The topological polar surface area (TPSA) is 49.1 Å². The summed E-state index contributed by atoms with van der Waals surface area (Å²) in [5.74, 6) is 0. The number of hydrogen-bond acceptors (Lipinski definition) is 4. The van der Waals surface area contributed by atoms with Gasteiger partial charge in [0.2, 0.25) is 0 Å². The number of nitriles is 1. The molecule has 0 bridgehead atoms. The van der Waals surface area contributed by atoms with Crippen LogP contribution in [0.3, 0.4) is 0 Å². The largest absolute Gasteiger partial charge is 0.376 e. The molecule has 0 amide bonds. The number of nitrogens with zero attached hydrogens (tertiary/aromatic N) is 3. The van der Waals surface area contributed by atoms with Crippen molar-refractivity contribution >= 4 is 5.69 Å². The maximum Gasteiger partial charge on any atom is 0.163 e. The molecule has 0 N–H and O–H groups in total. The molecule has 96 valence electrons. The van der Waals surface area contributed by atoms with E-state index in [1.165, 1.54) is 0 Å². The number of aromatic nitrogens is 1. The summed E-state index contributed by atoms with van der Waals surface area (Å²) < 4.78 is 5.81. The monoisotopic (exact) mass is 245 g/mol. The SMILES string of the molecule is CCCOC1CCCN(c2cccnc2C#N)C1. The van der Waals surface area contributed by atoms with Crippen molar-refractivity contribution in [1.29, 1.82) is 5.26 Å². The third-order valence-electron chi connectivity index (χ3n) is 3.17. The molecule has 1 unspecified atom stereocenters. The molecule has 2 heterocycles. The van der Waals surface area contributed by atoms with E-state index in [0.717, 1.165) is 44.6 Å². The molecule has 1 saturated heterocycles. The lowest BCUT2D eigenvalue weighted by Crippen LogP contribution is -2.40. The second-order valence-corrected chi connectivity index (χ2v) is 4.56. The minimum absolute atomic E-state index is 0.283. The predicted octanol–water partition coefficient (Wildman–Crippen LogP) is 2.35. The van der Waals surface area contributed by atoms with E-state index >= 15 is 0 Å². The zero-order valence-electron chi connectivity index (χ0n) is 10.8. The van der Waals surface area contributed by atoms with Gasteiger partial charge in [-0.2, -0.15) is 5.26 Å². The Morgan fingerprint density at radius 3 is 3.28 bits per heavy atom. The molecule has 4 nitrogen and oxygen atoms in total. The molecule has 2 rings (SSSR count). The van der Waals surface area contributed by atoms with Gasteiger partial charge >= 0.3 is 0 Å². The van der Waals surface area contributed by atoms with Crippen molar-refractivity contribution < 1.29 is 4.74 Å². The highest BCUT2D eigenvalue weighted by Gasteiger charge is 2.22. The number of ether oxygens (including phenoxy) is 1. The summed E-state index contributed by atoms with van der Waals surface area (Å²) in [6.07, 6.45) is 5.21. The Bertz CT molecular complexity index is 427. The Kier molecular flexibility index (Phi) is 4.54. The summed E-state index contributed by atoms with van der Waals surface area (Å²) in [5.41, 5.74) is 1.44. The quantitative estimate of drug-likeness (QED) is 0.817. The average molecular weight is 245 g/mol. The molecule has 0 aliphatic carbocycles. The maximum absolute atomic E-state index is 9.09. The van der Waals surface area contributed by atoms with E-state index < -0.39 is 0 Å². The molecule has 0 radical (unpaired) electrons. The van der Waals surface area contributed by atoms with Crippen molar-refractivity contribution in [3.8, 4) is 6.07 Å². The van der Waals surface area contributed by atoms with Crippen LogP contribution in [0.4, 0.5) is 5.69 Å². The van der Waals surface area contributed by atoms with E-state index in [0.29, 0.717) is 5.69 Å². The van der Waals surface area contributed by atoms with Gasteiger partial charge in [-0.05, 0) is 31.4 Å². The van der Waals surface area contributed by atoms with Gasteiger partial charge in [-0.1, -0.05) is 6.92 Å². The number of piperidine rings is 1. The predicted molar refractivity (Wildman–Crippen MR) is 70.4 cm³/mol. The number of hydrogen-bond donors (Lipinski definition) is 0. The van der Waals surface area contributed by atoms with Gasteiger partial charge < -0.3 is 9.64 Å². The smallest absolute Gasteiger partial charge is 0.163 e. The summed E-state index contributed by atoms with van der Waals surface area (Å²) in [5, 5.41) is 9.09. The van der Waals surface area contributed by atoms with Gasteiger partial charge in [-0.25, -0.2) is 4.98 Å². The lowest BCUT2D eigenvalue weighted by atomic mass is 10.1. The van der Waals surface area contributed by atoms with Gasteiger partial charge in [0.05, 0.1) is 11.8 Å². The van der Waals surface area contributed by atoms with Crippen LogP contribution in [-0.2, 0) is 4.74 Å². The Hall–Kier alpha value is -1.60. The first-order chi connectivity index (χ1) is 8.85. The zero-order chi connectivity index (χ0) is 12.8.